The molecule has 3 aromatic rings. The van der Waals surface area contributed by atoms with Gasteiger partial charge in [0.1, 0.15) is 23.0 Å². The Kier molecular flexibility index (Phi) is 6.40. The molecule has 1 N–H and O–H groups in total. The summed E-state index contributed by atoms with van der Waals surface area (Å²) in [6.07, 6.45) is 0. The third-order valence-electron chi connectivity index (χ3n) is 5.25. The van der Waals surface area contributed by atoms with Crippen LogP contribution in [0.3, 0.4) is 0 Å². The Morgan fingerprint density at radius 3 is 2.27 bits per heavy atom. The molecule has 0 unspecified atom stereocenters. The van der Waals surface area contributed by atoms with E-state index in [1.807, 2.05) is 19.1 Å². The number of amides is 2. The predicted octanol–water partition coefficient (Wildman–Crippen LogP) is 4.63. The molecule has 1 heterocycles. The highest BCUT2D eigenvalue weighted by Crippen LogP contribution is 2.34. The number of hydrogen-bond donors (Lipinski definition) is 1. The largest absolute Gasteiger partial charge is 0.497 e. The third-order valence-corrected chi connectivity index (χ3v) is 5.25. The molecule has 0 atom stereocenters. The zero-order valence-corrected chi connectivity index (χ0v) is 18.3. The zero-order valence-electron chi connectivity index (χ0n) is 18.3. The van der Waals surface area contributed by atoms with Crippen molar-refractivity contribution >= 4 is 23.1 Å². The van der Waals surface area contributed by atoms with Crippen LogP contribution in [0, 0.1) is 5.82 Å². The Bertz CT molecular complexity index is 1200. The fraction of sp³-hybridized carbons (Fsp3) is 0.154. The van der Waals surface area contributed by atoms with E-state index in [0.717, 1.165) is 4.90 Å². The molecule has 1 aliphatic rings. The second kappa shape index (κ2) is 9.56. The Balaban J connectivity index is 1.74. The second-order valence-electron chi connectivity index (χ2n) is 7.36. The van der Waals surface area contributed by atoms with Gasteiger partial charge in [0.25, 0.3) is 11.8 Å². The average molecular weight is 446 g/mol. The Labute approximate surface area is 191 Å². The molecule has 0 fully saturated rings. The van der Waals surface area contributed by atoms with E-state index in [0.29, 0.717) is 34.9 Å². The quantitative estimate of drug-likeness (QED) is 0.511. The van der Waals surface area contributed by atoms with Gasteiger partial charge in [-0.25, -0.2) is 4.39 Å². The average Bonchev–Trinajstić information content (AvgIpc) is 3.06. The van der Waals surface area contributed by atoms with Crippen molar-refractivity contribution in [1.82, 2.24) is 4.90 Å². The Morgan fingerprint density at radius 2 is 1.61 bits per heavy atom. The number of hydrogen-bond acceptors (Lipinski definition) is 5. The molecule has 0 radical (unpaired) electrons. The lowest BCUT2D eigenvalue weighted by molar-refractivity contribution is -0.137. The number of anilines is 1. The number of halogens is 1. The molecule has 33 heavy (non-hydrogen) atoms. The molecule has 0 saturated carbocycles. The minimum absolute atomic E-state index is 0.0237. The van der Waals surface area contributed by atoms with Crippen molar-refractivity contribution in [2.75, 3.05) is 19.0 Å². The first-order valence-corrected chi connectivity index (χ1v) is 10.5. The van der Waals surface area contributed by atoms with Crippen LogP contribution in [0.15, 0.2) is 78.5 Å². The van der Waals surface area contributed by atoms with Crippen molar-refractivity contribution in [3.63, 3.8) is 0 Å². The van der Waals surface area contributed by atoms with Crippen LogP contribution in [0.2, 0.25) is 0 Å². The molecule has 168 valence electrons. The monoisotopic (exact) mass is 446 g/mol. The van der Waals surface area contributed by atoms with E-state index < -0.39 is 11.8 Å². The molecule has 4 rings (SSSR count). The van der Waals surface area contributed by atoms with Gasteiger partial charge in [-0.2, -0.15) is 0 Å². The summed E-state index contributed by atoms with van der Waals surface area (Å²) in [5.74, 6) is -0.0913. The van der Waals surface area contributed by atoms with Gasteiger partial charge in [-0.05, 0) is 54.4 Å². The van der Waals surface area contributed by atoms with Crippen molar-refractivity contribution in [3.05, 3.63) is 95.4 Å². The summed E-state index contributed by atoms with van der Waals surface area (Å²) in [7, 11) is 1.56. The first-order valence-electron chi connectivity index (χ1n) is 10.5. The number of imide groups is 1. The highest BCUT2D eigenvalue weighted by molar-refractivity contribution is 6.36. The fourth-order valence-corrected chi connectivity index (χ4v) is 3.62. The summed E-state index contributed by atoms with van der Waals surface area (Å²) < 4.78 is 24.2. The maximum atomic E-state index is 13.4. The van der Waals surface area contributed by atoms with Crippen LogP contribution in [0.4, 0.5) is 10.1 Å². The number of carbonyl (C=O) groups excluding carboxylic acids is 2. The molecule has 0 aliphatic carbocycles. The van der Waals surface area contributed by atoms with Crippen LogP contribution in [0.5, 0.6) is 11.5 Å². The number of benzene rings is 3. The summed E-state index contributed by atoms with van der Waals surface area (Å²) in [4.78, 5) is 28.0. The zero-order chi connectivity index (χ0) is 23.4. The van der Waals surface area contributed by atoms with Gasteiger partial charge in [0, 0.05) is 0 Å². The molecule has 2 amide bonds. The number of methoxy groups -OCH3 is 1. The van der Waals surface area contributed by atoms with Gasteiger partial charge in [0.15, 0.2) is 0 Å². The normalized spacial score (nSPS) is 13.5. The molecule has 3 aromatic carbocycles. The van der Waals surface area contributed by atoms with Crippen molar-refractivity contribution < 1.29 is 23.5 Å². The van der Waals surface area contributed by atoms with E-state index >= 15 is 0 Å². The second-order valence-corrected chi connectivity index (χ2v) is 7.36. The van der Waals surface area contributed by atoms with Gasteiger partial charge >= 0.3 is 0 Å². The van der Waals surface area contributed by atoms with Crippen LogP contribution in [-0.4, -0.2) is 30.4 Å². The number of rotatable bonds is 8. The van der Waals surface area contributed by atoms with Crippen LogP contribution in [0.1, 0.15) is 18.1 Å². The fourth-order valence-electron chi connectivity index (χ4n) is 3.62. The Morgan fingerprint density at radius 1 is 0.909 bits per heavy atom. The lowest BCUT2D eigenvalue weighted by Crippen LogP contribution is -2.32. The summed E-state index contributed by atoms with van der Waals surface area (Å²) in [6.45, 7) is 2.34. The molecule has 0 aromatic heterocycles. The van der Waals surface area contributed by atoms with E-state index in [1.54, 1.807) is 55.6 Å². The maximum absolute atomic E-state index is 13.4. The van der Waals surface area contributed by atoms with Crippen molar-refractivity contribution in [1.29, 1.82) is 0 Å². The summed E-state index contributed by atoms with van der Waals surface area (Å²) in [5.41, 5.74) is 2.19. The molecule has 7 heteroatoms. The summed E-state index contributed by atoms with van der Waals surface area (Å²) in [5, 5.41) is 3.13. The van der Waals surface area contributed by atoms with Gasteiger partial charge in [-0.15, -0.1) is 0 Å². The number of nitrogens with one attached hydrogen (secondary N) is 1. The van der Waals surface area contributed by atoms with Crippen LogP contribution in [0.25, 0.3) is 5.57 Å². The van der Waals surface area contributed by atoms with Crippen molar-refractivity contribution in [2.24, 2.45) is 0 Å². The molecule has 0 bridgehead atoms. The standard InChI is InChI=1S/C26H23FN2O4/c1-3-33-22-7-5-4-6-21(22)28-24-23(18-10-14-20(32-2)15-11-18)25(30)29(26(24)31)16-17-8-12-19(27)13-9-17/h4-15,28H,3,16H2,1-2H3. The molecule has 0 spiro atoms. The first kappa shape index (κ1) is 22.1. The number of nitrogens with zero attached hydrogens (tertiary/aromatic N) is 1. The van der Waals surface area contributed by atoms with E-state index in [9.17, 15) is 14.0 Å². The highest BCUT2D eigenvalue weighted by Gasteiger charge is 2.39. The van der Waals surface area contributed by atoms with Gasteiger partial charge in [-0.3, -0.25) is 14.5 Å². The SMILES string of the molecule is CCOc1ccccc1NC1=C(c2ccc(OC)cc2)C(=O)N(Cc2ccc(F)cc2)C1=O. The number of carbonyl (C=O) groups is 2. The molecule has 6 nitrogen and oxygen atoms in total. The Hall–Kier alpha value is -4.13. The highest BCUT2D eigenvalue weighted by atomic mass is 19.1. The van der Waals surface area contributed by atoms with Crippen molar-refractivity contribution in [3.8, 4) is 11.5 Å². The molecular formula is C26H23FN2O4. The van der Waals surface area contributed by atoms with E-state index in [2.05, 4.69) is 5.32 Å². The first-order chi connectivity index (χ1) is 16.0. The van der Waals surface area contributed by atoms with Gasteiger partial charge in [-0.1, -0.05) is 36.4 Å². The summed E-state index contributed by atoms with van der Waals surface area (Å²) in [6, 6.07) is 19.9. The minimum atomic E-state index is -0.471. The minimum Gasteiger partial charge on any atom is -0.497 e. The smallest absolute Gasteiger partial charge is 0.278 e. The van der Waals surface area contributed by atoms with Crippen LogP contribution < -0.4 is 14.8 Å². The topological polar surface area (TPSA) is 67.9 Å². The summed E-state index contributed by atoms with van der Waals surface area (Å²) >= 11 is 0. The van der Waals surface area contributed by atoms with Gasteiger partial charge in [0.2, 0.25) is 0 Å². The number of para-hydroxylation sites is 2. The lowest BCUT2D eigenvalue weighted by atomic mass is 10.0. The molecule has 0 saturated heterocycles. The third kappa shape index (κ3) is 4.57. The predicted molar refractivity (Wildman–Crippen MR) is 123 cm³/mol. The molecular weight excluding hydrogens is 423 g/mol. The number of ether oxygens (including phenoxy) is 2. The van der Waals surface area contributed by atoms with E-state index in [1.165, 1.54) is 12.1 Å². The van der Waals surface area contributed by atoms with Crippen LogP contribution >= 0.6 is 0 Å². The van der Waals surface area contributed by atoms with Gasteiger partial charge in [0.05, 0.1) is 31.5 Å². The van der Waals surface area contributed by atoms with Crippen LogP contribution in [-0.2, 0) is 16.1 Å². The maximum Gasteiger partial charge on any atom is 0.278 e. The van der Waals surface area contributed by atoms with Gasteiger partial charge < -0.3 is 14.8 Å². The lowest BCUT2D eigenvalue weighted by Gasteiger charge is -2.16. The molecule has 1 aliphatic heterocycles. The van der Waals surface area contributed by atoms with E-state index in [-0.39, 0.29) is 23.6 Å². The van der Waals surface area contributed by atoms with E-state index in [4.69, 9.17) is 9.47 Å². The van der Waals surface area contributed by atoms with Crippen molar-refractivity contribution in [2.45, 2.75) is 13.5 Å².